The van der Waals surface area contributed by atoms with Crippen LogP contribution in [0.3, 0.4) is 0 Å². The normalized spacial score (nSPS) is 0. The van der Waals surface area contributed by atoms with Crippen LogP contribution in [-0.2, 0) is 0 Å². The quantitative estimate of drug-likeness (QED) is 0.319. The monoisotopic (exact) mass is 140 g/mol. The maximum absolute atomic E-state index is 0. The molecule has 0 aromatic rings. The zero-order valence-corrected chi connectivity index (χ0v) is 0.816. The van der Waals surface area contributed by atoms with Crippen molar-refractivity contribution < 1.29 is 9.41 Å². The first-order valence-electron chi connectivity index (χ1n) is 0. The van der Waals surface area contributed by atoms with Gasteiger partial charge in [-0.15, -0.1) is 0 Å². The number of rotatable bonds is 0. The Labute approximate surface area is 112 Å². The van der Waals surface area contributed by atoms with Crippen LogP contribution in [0, 0.1) is 0 Å². The van der Waals surface area contributed by atoms with E-state index in [1.54, 1.807) is 0 Å². The molecule has 0 aromatic carbocycles. The van der Waals surface area contributed by atoms with Crippen molar-refractivity contribution in [2.24, 2.45) is 0 Å². The van der Waals surface area contributed by atoms with Gasteiger partial charge in [-0.25, -0.2) is 0 Å². The summed E-state index contributed by atoms with van der Waals surface area (Å²) in [6, 6.07) is 0. The molecule has 0 aromatic heterocycles. The number of hydrogen-bond donors (Lipinski definition) is 0. The SMILES string of the molecule is F.F.[MgH2].[MgH2].[NaH].[NaH]. The Balaban J connectivity index is 0. The summed E-state index contributed by atoms with van der Waals surface area (Å²) in [5, 5.41) is 0. The molecule has 0 aliphatic rings. The van der Waals surface area contributed by atoms with E-state index in [1.807, 2.05) is 0 Å². The van der Waals surface area contributed by atoms with E-state index >= 15 is 0 Å². The van der Waals surface area contributed by atoms with E-state index < -0.39 is 0 Å². The van der Waals surface area contributed by atoms with Crippen LogP contribution in [0.15, 0.2) is 0 Å². The fourth-order valence-corrected chi connectivity index (χ4v) is 0. The molecule has 0 aliphatic heterocycles. The Hall–Kier alpha value is 3.39. The Bertz CT molecular complexity index is 9.51. The second kappa shape index (κ2) is 39.9. The molecule has 6 heavy (non-hydrogen) atoms. The molecule has 28 valence electrons. The zero-order valence-electron chi connectivity index (χ0n) is 0.816. The molecule has 0 bridgehead atoms. The third kappa shape index (κ3) is 26.2. The molecule has 0 amide bonds. The molecule has 0 rings (SSSR count). The van der Waals surface area contributed by atoms with Gasteiger partial charge in [0.2, 0.25) is 0 Å². The minimum atomic E-state index is 0. The van der Waals surface area contributed by atoms with Crippen molar-refractivity contribution in [2.75, 3.05) is 0 Å². The van der Waals surface area contributed by atoms with Crippen LogP contribution < -0.4 is 0 Å². The molecular weight excluding hydrogens is 133 g/mol. The Kier molecular flexibility index (Phi) is 382. The van der Waals surface area contributed by atoms with Gasteiger partial charge in [0, 0.05) is 0 Å². The van der Waals surface area contributed by atoms with Crippen LogP contribution in [0.5, 0.6) is 0 Å². The van der Waals surface area contributed by atoms with E-state index in [2.05, 4.69) is 0 Å². The van der Waals surface area contributed by atoms with Crippen LogP contribution in [0.2, 0.25) is 0 Å². The van der Waals surface area contributed by atoms with Crippen molar-refractivity contribution in [3.63, 3.8) is 0 Å². The number of hydrogen-bond acceptors (Lipinski definition) is 0. The van der Waals surface area contributed by atoms with Gasteiger partial charge in [0.15, 0.2) is 0 Å². The van der Waals surface area contributed by atoms with Crippen LogP contribution in [-0.4, -0.2) is 105 Å². The topological polar surface area (TPSA) is 0 Å². The van der Waals surface area contributed by atoms with Crippen molar-refractivity contribution in [2.45, 2.75) is 0 Å². The standard InChI is InChI=1S/2FH.2Mg.2Na.6H/h2*1H;;;;;;;;;;. The predicted octanol–water partition coefficient (Wildman–Crippen LogP) is -2.82. The second-order valence-electron chi connectivity index (χ2n) is 0. The molecule has 0 N–H and O–H groups in total. The molecule has 0 unspecified atom stereocenters. The second-order valence-corrected chi connectivity index (χ2v) is 0. The summed E-state index contributed by atoms with van der Waals surface area (Å²) in [5.74, 6) is 0. The molecular formula is H8F2Mg2Na2. The van der Waals surface area contributed by atoms with E-state index in [9.17, 15) is 0 Å². The van der Waals surface area contributed by atoms with Gasteiger partial charge >= 0.3 is 105 Å². The summed E-state index contributed by atoms with van der Waals surface area (Å²) in [7, 11) is 0. The van der Waals surface area contributed by atoms with Crippen molar-refractivity contribution in [3.8, 4) is 0 Å². The molecule has 0 nitrogen and oxygen atoms in total. The van der Waals surface area contributed by atoms with E-state index in [1.165, 1.54) is 0 Å². The van der Waals surface area contributed by atoms with Crippen LogP contribution in [0.4, 0.5) is 9.41 Å². The van der Waals surface area contributed by atoms with E-state index in [-0.39, 0.29) is 115 Å². The molecule has 0 heterocycles. The molecule has 0 atom stereocenters. The fourth-order valence-electron chi connectivity index (χ4n) is 0. The predicted molar refractivity (Wildman–Crippen MR) is 36.4 cm³/mol. The summed E-state index contributed by atoms with van der Waals surface area (Å²) in [5.41, 5.74) is 0. The average Bonchev–Trinajstić information content (AvgIpc) is 0. The zero-order chi connectivity index (χ0) is 0. The summed E-state index contributed by atoms with van der Waals surface area (Å²) in [6.07, 6.45) is 0. The van der Waals surface area contributed by atoms with Gasteiger partial charge in [-0.05, 0) is 0 Å². The number of halogens is 2. The third-order valence-electron chi connectivity index (χ3n) is 0. The molecule has 0 spiro atoms. The molecule has 0 radical (unpaired) electrons. The van der Waals surface area contributed by atoms with Crippen molar-refractivity contribution >= 4 is 105 Å². The molecule has 0 fully saturated rings. The maximum atomic E-state index is 0. The third-order valence-corrected chi connectivity index (χ3v) is 0. The van der Waals surface area contributed by atoms with Gasteiger partial charge in [0.1, 0.15) is 0 Å². The van der Waals surface area contributed by atoms with Crippen LogP contribution in [0.25, 0.3) is 0 Å². The van der Waals surface area contributed by atoms with Crippen molar-refractivity contribution in [1.29, 1.82) is 0 Å². The van der Waals surface area contributed by atoms with E-state index in [4.69, 9.17) is 0 Å². The van der Waals surface area contributed by atoms with Gasteiger partial charge in [-0.2, -0.15) is 0 Å². The van der Waals surface area contributed by atoms with Gasteiger partial charge in [-0.1, -0.05) is 0 Å². The fraction of sp³-hybridized carbons (Fsp3) is 0. The Morgan fingerprint density at radius 1 is 0.500 bits per heavy atom. The minimum absolute atomic E-state index is 0. The molecule has 0 aliphatic carbocycles. The van der Waals surface area contributed by atoms with Crippen molar-refractivity contribution in [3.05, 3.63) is 0 Å². The Morgan fingerprint density at radius 2 is 0.500 bits per heavy atom. The van der Waals surface area contributed by atoms with Gasteiger partial charge in [0.05, 0.1) is 0 Å². The van der Waals surface area contributed by atoms with Gasteiger partial charge in [-0.3, -0.25) is 9.41 Å². The first-order valence-corrected chi connectivity index (χ1v) is 0. The first-order chi connectivity index (χ1) is 0. The van der Waals surface area contributed by atoms with Gasteiger partial charge < -0.3 is 0 Å². The van der Waals surface area contributed by atoms with Crippen LogP contribution in [0.1, 0.15) is 0 Å². The summed E-state index contributed by atoms with van der Waals surface area (Å²) < 4.78 is 0. The summed E-state index contributed by atoms with van der Waals surface area (Å²) in [4.78, 5) is 0. The Morgan fingerprint density at radius 3 is 0.500 bits per heavy atom. The summed E-state index contributed by atoms with van der Waals surface area (Å²) >= 11 is 0. The van der Waals surface area contributed by atoms with Crippen LogP contribution >= 0.6 is 0 Å². The molecule has 0 saturated carbocycles. The molecule has 6 heteroatoms. The van der Waals surface area contributed by atoms with Gasteiger partial charge in [0.25, 0.3) is 0 Å². The summed E-state index contributed by atoms with van der Waals surface area (Å²) in [6.45, 7) is 0. The average molecular weight is 141 g/mol. The molecule has 0 saturated heterocycles. The first kappa shape index (κ1) is 57.5. The van der Waals surface area contributed by atoms with E-state index in [0.717, 1.165) is 0 Å². The van der Waals surface area contributed by atoms with Crippen molar-refractivity contribution in [1.82, 2.24) is 0 Å². The van der Waals surface area contributed by atoms with E-state index in [0.29, 0.717) is 0 Å².